The zero-order valence-corrected chi connectivity index (χ0v) is 73.8. The summed E-state index contributed by atoms with van der Waals surface area (Å²) >= 11 is 15.4. The Morgan fingerprint density at radius 3 is 0.891 bits per heavy atom. The number of rotatable bonds is 8. The zero-order chi connectivity index (χ0) is 85.3. The first-order valence-corrected chi connectivity index (χ1v) is 42.2. The van der Waals surface area contributed by atoms with E-state index in [9.17, 15) is 4.39 Å². The predicted octanol–water partition coefficient (Wildman–Crippen LogP) is 27.5. The van der Waals surface area contributed by atoms with Gasteiger partial charge in [0.25, 0.3) is 0 Å². The number of halogens is 4. The van der Waals surface area contributed by atoms with E-state index in [0.29, 0.717) is 0 Å². The quantitative estimate of drug-likeness (QED) is 0.139. The number of fused-ring (bicyclic) bond motifs is 6. The molecule has 0 saturated carbocycles. The van der Waals surface area contributed by atoms with Gasteiger partial charge >= 0.3 is 28.3 Å². The molecule has 0 aliphatic carbocycles. The van der Waals surface area contributed by atoms with Gasteiger partial charge in [-0.15, -0.1) is 0 Å². The van der Waals surface area contributed by atoms with Gasteiger partial charge in [0.2, 0.25) is 0 Å². The van der Waals surface area contributed by atoms with E-state index in [2.05, 4.69) is 332 Å². The Bertz CT molecular complexity index is 6050. The molecular weight excluding hydrogens is 1580 g/mol. The number of hydrogen-bond acceptors (Lipinski definition) is 8. The first-order valence-electron chi connectivity index (χ1n) is 41.3. The van der Waals surface area contributed by atoms with E-state index in [1.165, 1.54) is 115 Å². The van der Waals surface area contributed by atoms with Crippen molar-refractivity contribution < 1.29 is 43.0 Å². The van der Waals surface area contributed by atoms with Crippen LogP contribution < -0.4 is 10.9 Å². The minimum Gasteiger partial charge on any atom is -0.405 e. The Morgan fingerprint density at radius 1 is 0.261 bits per heavy atom. The third-order valence-corrected chi connectivity index (χ3v) is 25.9. The van der Waals surface area contributed by atoms with Gasteiger partial charge < -0.3 is 37.2 Å². The summed E-state index contributed by atoms with van der Waals surface area (Å²) in [6.07, 6.45) is 0. The summed E-state index contributed by atoms with van der Waals surface area (Å²) in [6, 6.07) is 109. The second kappa shape index (κ2) is 34.7. The molecule has 15 aromatic carbocycles. The van der Waals surface area contributed by atoms with Crippen molar-refractivity contribution in [2.24, 2.45) is 0 Å². The van der Waals surface area contributed by atoms with Crippen molar-refractivity contribution >= 4 is 143 Å². The molecule has 15 aromatic rings. The molecule has 0 spiro atoms. The molecule has 0 atom stereocenters. The summed E-state index contributed by atoms with van der Waals surface area (Å²) in [7, 11) is -2.65. The highest BCUT2D eigenvalue weighted by atomic mass is 79.9. The van der Waals surface area contributed by atoms with Crippen molar-refractivity contribution in [3.05, 3.63) is 324 Å². The molecule has 0 bridgehead atoms. The van der Waals surface area contributed by atoms with E-state index in [1.54, 1.807) is 0 Å². The molecule has 602 valence electrons. The monoisotopic (exact) mass is 1680 g/mol. The number of alkyl halides is 1. The topological polar surface area (TPSA) is 73.8 Å². The van der Waals surface area contributed by atoms with E-state index in [-0.39, 0.29) is 59.0 Å². The maximum absolute atomic E-state index is 9.96. The lowest BCUT2D eigenvalue weighted by Crippen LogP contribution is -2.41. The predicted molar refractivity (Wildman–Crippen MR) is 506 cm³/mol. The molecule has 19 rings (SSSR count). The van der Waals surface area contributed by atoms with Gasteiger partial charge in [-0.1, -0.05) is 300 Å². The van der Waals surface area contributed by atoms with Crippen LogP contribution in [0.3, 0.4) is 0 Å². The van der Waals surface area contributed by atoms with Gasteiger partial charge in [0.05, 0.1) is 53.3 Å². The van der Waals surface area contributed by atoms with Gasteiger partial charge in [-0.2, -0.15) is 0 Å². The van der Waals surface area contributed by atoms with Crippen LogP contribution in [0.5, 0.6) is 0 Å². The summed E-state index contributed by atoms with van der Waals surface area (Å²) < 4.78 is 65.5. The Balaban J connectivity index is 0.000000126. The Labute approximate surface area is 723 Å². The molecule has 4 aliphatic rings. The molecule has 4 aliphatic heterocycles. The van der Waals surface area contributed by atoms with Crippen molar-refractivity contribution in [1.29, 1.82) is 0 Å². The largest absolute Gasteiger partial charge is 0.495 e. The fourth-order valence-electron chi connectivity index (χ4n) is 15.3. The Morgan fingerprint density at radius 2 is 0.521 bits per heavy atom. The van der Waals surface area contributed by atoms with Crippen molar-refractivity contribution in [3.8, 4) is 55.6 Å². The van der Waals surface area contributed by atoms with Crippen molar-refractivity contribution in [1.82, 2.24) is 0 Å². The lowest BCUT2D eigenvalue weighted by atomic mass is 9.49. The molecule has 0 unspecified atom stereocenters. The maximum Gasteiger partial charge on any atom is 0.495 e. The lowest BCUT2D eigenvalue weighted by Gasteiger charge is -2.32. The molecule has 119 heavy (non-hydrogen) atoms. The fraction of sp³-hybridized carbons (Fsp3) is 0.243. The van der Waals surface area contributed by atoms with Crippen LogP contribution in [0.15, 0.2) is 314 Å². The molecule has 4 fully saturated rings. The van der Waals surface area contributed by atoms with Crippen molar-refractivity contribution in [2.45, 2.75) is 156 Å². The molecular formula is C103H102B4BrCl2FO8. The van der Waals surface area contributed by atoms with E-state index in [4.69, 9.17) is 61.8 Å². The molecule has 4 saturated heterocycles. The van der Waals surface area contributed by atoms with Gasteiger partial charge in [0.1, 0.15) is 0 Å². The van der Waals surface area contributed by atoms with Crippen molar-refractivity contribution in [3.63, 3.8) is 0 Å². The third kappa shape index (κ3) is 18.2. The SMILES string of the molecule is CC1(C)OB(B2OC(C)(C)C(C)(C)O2)OC1(C)C.CC1(C)OB(c2ccc(-c3ccccc3)c3ccccc23)OC1(C)C.CC1(C)OB(c2ccc3cc(-c4ccc(-c5ccccc5)c5ccccc45)ccc3c2)OC1(C)C.Clc1ccc2cc(-c3ccc(-c4ccccc4)c4ccccc34)ccc2c1.Clc1ccc2cc(Br)ccc2c1.[2H]CF. The highest BCUT2D eigenvalue weighted by molar-refractivity contribution is 9.10. The van der Waals surface area contributed by atoms with Crippen LogP contribution in [0.2, 0.25) is 10.0 Å². The highest BCUT2D eigenvalue weighted by Gasteiger charge is 2.64. The normalized spacial score (nSPS) is 17.4. The smallest absolute Gasteiger partial charge is 0.405 e. The summed E-state index contributed by atoms with van der Waals surface area (Å²) in [5.41, 5.74) is 11.8. The van der Waals surface area contributed by atoms with Gasteiger partial charge in [-0.05, 0) is 291 Å². The first-order chi connectivity index (χ1) is 57.1. The minimum absolute atomic E-state index is 0.336. The van der Waals surface area contributed by atoms with Crippen LogP contribution in [0.1, 0.15) is 112 Å². The number of hydrogen-bond donors (Lipinski definition) is 0. The van der Waals surface area contributed by atoms with Crippen LogP contribution in [-0.2, 0) is 37.2 Å². The van der Waals surface area contributed by atoms with E-state index in [1.807, 2.05) is 104 Å². The highest BCUT2D eigenvalue weighted by Crippen LogP contribution is 2.46. The summed E-state index contributed by atoms with van der Waals surface area (Å²) in [6.45, 7) is 32.9. The zero-order valence-electron chi connectivity index (χ0n) is 71.7. The van der Waals surface area contributed by atoms with E-state index in [0.717, 1.165) is 30.8 Å². The molecule has 0 radical (unpaired) electrons. The average Bonchev–Trinajstić information content (AvgIpc) is 1.59. The number of benzene rings is 15. The summed E-state index contributed by atoms with van der Waals surface area (Å²) in [5.74, 6) is 0. The second-order valence-electron chi connectivity index (χ2n) is 34.8. The first kappa shape index (κ1) is 84.8. The van der Waals surface area contributed by atoms with E-state index >= 15 is 0 Å². The fourth-order valence-corrected chi connectivity index (χ4v) is 16.1. The van der Waals surface area contributed by atoms with Gasteiger partial charge in [0, 0.05) is 14.5 Å². The molecule has 16 heteroatoms. The third-order valence-electron chi connectivity index (χ3n) is 24.9. The van der Waals surface area contributed by atoms with Crippen LogP contribution in [-0.4, -0.2) is 80.2 Å². The lowest BCUT2D eigenvalue weighted by molar-refractivity contribution is 0.00578. The Kier molecular flexibility index (Phi) is 24.7. The van der Waals surface area contributed by atoms with Crippen LogP contribution >= 0.6 is 39.1 Å². The molecule has 8 nitrogen and oxygen atoms in total. The average molecular weight is 1680 g/mol. The summed E-state index contributed by atoms with van der Waals surface area (Å²) in [4.78, 5) is 0. The minimum atomic E-state index is -1.00. The van der Waals surface area contributed by atoms with Gasteiger partial charge in [-0.25, -0.2) is 0 Å². The summed E-state index contributed by atoms with van der Waals surface area (Å²) in [5, 5.41) is 16.2. The van der Waals surface area contributed by atoms with Gasteiger partial charge in [0.15, 0.2) is 0 Å². The maximum atomic E-state index is 9.96. The molecule has 0 N–H and O–H groups in total. The second-order valence-corrected chi connectivity index (χ2v) is 36.6. The Hall–Kier alpha value is -9.21. The van der Waals surface area contributed by atoms with E-state index < -0.39 is 21.2 Å². The van der Waals surface area contributed by atoms with Gasteiger partial charge in [-0.3, -0.25) is 4.39 Å². The standard InChI is InChI=1S/C32H29BO2.C26H17Cl.C22H23BO2.C12H24B2O4.C10H6BrCl.CH3F/c1-31(2)32(3,4)35-33(34-31)26-17-16-23-20-25(15-14-24(23)21-26)28-19-18-27(22-10-6-5-7-11-22)29-12-8-9-13-30(28)29;27-22-13-12-19-16-21(11-10-20(19)17-22)24-15-14-23(18-6-2-1-3-7-18)25-8-4-5-9-26(24)25;1-21(2)22(3,4)25-23(24-21)20-15-14-17(16-10-6-5-7-11-16)18-12-8-9-13-19(18)20;1-9(2)10(3,4)16-13(15-9)14-17-11(5,6)12(7,8)18-14;11-9-3-1-8-6-10(12)4-2-7(8)5-9;1-2/h5-21H,1-4H3;1-17H;5-15H,1-4H3;1-8H3;1-6H;1H3/i;;;;;1D. The van der Waals surface area contributed by atoms with Crippen LogP contribution in [0, 0.1) is 0 Å². The molecule has 0 amide bonds. The molecule has 4 heterocycles. The molecule has 0 aromatic heterocycles. The van der Waals surface area contributed by atoms with Crippen molar-refractivity contribution in [2.75, 3.05) is 7.15 Å². The van der Waals surface area contributed by atoms with Crippen LogP contribution in [0.25, 0.3) is 120 Å². The van der Waals surface area contributed by atoms with Crippen LogP contribution in [0.4, 0.5) is 4.39 Å².